The van der Waals surface area contributed by atoms with Crippen LogP contribution >= 0.6 is 0 Å². The van der Waals surface area contributed by atoms with Crippen LogP contribution in [0.2, 0.25) is 0 Å². The van der Waals surface area contributed by atoms with Gasteiger partial charge in [-0.1, -0.05) is 24.3 Å². The fourth-order valence-electron chi connectivity index (χ4n) is 3.81. The average molecular weight is 348 g/mol. The smallest absolute Gasteiger partial charge is 0.260 e. The largest absolute Gasteiger partial charge is 0.379 e. The van der Waals surface area contributed by atoms with Gasteiger partial charge in [0.1, 0.15) is 16.8 Å². The number of benzene rings is 1. The first-order valence-electron chi connectivity index (χ1n) is 9.01. The molecule has 1 aromatic carbocycles. The number of hydrogen-bond acceptors (Lipinski definition) is 4. The minimum atomic E-state index is 0.0482. The highest BCUT2D eigenvalue weighted by atomic mass is 16.5. The van der Waals surface area contributed by atoms with E-state index in [1.807, 2.05) is 57.6 Å². The highest BCUT2D eigenvalue weighted by Crippen LogP contribution is 2.23. The van der Waals surface area contributed by atoms with E-state index in [0.29, 0.717) is 6.54 Å². The van der Waals surface area contributed by atoms with Crippen LogP contribution in [0.1, 0.15) is 0 Å². The number of ether oxygens (including phenoxy) is 1. The summed E-state index contributed by atoms with van der Waals surface area (Å²) in [5, 5.41) is 1.64. The van der Waals surface area contributed by atoms with Gasteiger partial charge < -0.3 is 4.74 Å². The number of rotatable bonds is 3. The van der Waals surface area contributed by atoms with Crippen molar-refractivity contribution in [1.29, 1.82) is 0 Å². The molecule has 0 N–H and O–H groups in total. The van der Waals surface area contributed by atoms with Crippen molar-refractivity contribution < 1.29 is 4.74 Å². The van der Waals surface area contributed by atoms with Gasteiger partial charge in [-0.3, -0.25) is 18.7 Å². The SMILES string of the molecule is O=c1c2ccccc2c2nc3ccccn3c2n1CCN1CCOCC1. The molecule has 0 bridgehead atoms. The highest BCUT2D eigenvalue weighted by Gasteiger charge is 2.17. The number of nitrogens with zero attached hydrogens (tertiary/aromatic N) is 4. The van der Waals surface area contributed by atoms with Gasteiger partial charge in [-0.05, 0) is 18.2 Å². The average Bonchev–Trinajstić information content (AvgIpc) is 3.09. The van der Waals surface area contributed by atoms with Crippen molar-refractivity contribution in [3.63, 3.8) is 0 Å². The van der Waals surface area contributed by atoms with Crippen molar-refractivity contribution in [2.75, 3.05) is 32.8 Å². The zero-order chi connectivity index (χ0) is 17.5. The number of fused-ring (bicyclic) bond motifs is 5. The van der Waals surface area contributed by atoms with Crippen molar-refractivity contribution in [3.8, 4) is 0 Å². The molecule has 0 amide bonds. The Bertz CT molecular complexity index is 1160. The lowest BCUT2D eigenvalue weighted by Gasteiger charge is -2.26. The Morgan fingerprint density at radius 3 is 2.58 bits per heavy atom. The fraction of sp³-hybridized carbons (Fsp3) is 0.300. The first-order chi connectivity index (χ1) is 12.8. The van der Waals surface area contributed by atoms with E-state index in [-0.39, 0.29) is 5.56 Å². The second-order valence-electron chi connectivity index (χ2n) is 6.67. The molecular weight excluding hydrogens is 328 g/mol. The van der Waals surface area contributed by atoms with Gasteiger partial charge in [0.15, 0.2) is 0 Å². The third-order valence-electron chi connectivity index (χ3n) is 5.16. The Labute approximate surface area is 150 Å². The van der Waals surface area contributed by atoms with Crippen LogP contribution in [0, 0.1) is 0 Å². The number of morpholine rings is 1. The Morgan fingerprint density at radius 1 is 0.962 bits per heavy atom. The van der Waals surface area contributed by atoms with Crippen LogP contribution in [0.4, 0.5) is 0 Å². The second kappa shape index (κ2) is 6.23. The molecule has 1 saturated heterocycles. The predicted molar refractivity (Wildman–Crippen MR) is 102 cm³/mol. The molecule has 1 aliphatic rings. The summed E-state index contributed by atoms with van der Waals surface area (Å²) in [5.74, 6) is 0. The van der Waals surface area contributed by atoms with Crippen LogP contribution in [0.15, 0.2) is 53.5 Å². The van der Waals surface area contributed by atoms with Crippen LogP contribution < -0.4 is 5.56 Å². The second-order valence-corrected chi connectivity index (χ2v) is 6.67. The van der Waals surface area contributed by atoms with Crippen molar-refractivity contribution in [2.24, 2.45) is 0 Å². The van der Waals surface area contributed by atoms with Crippen LogP contribution in [0.25, 0.3) is 27.6 Å². The Morgan fingerprint density at radius 2 is 1.73 bits per heavy atom. The van der Waals surface area contributed by atoms with Crippen LogP contribution in [-0.2, 0) is 11.3 Å². The van der Waals surface area contributed by atoms with Crippen LogP contribution in [0.5, 0.6) is 0 Å². The number of imidazole rings is 1. The van der Waals surface area contributed by atoms with E-state index in [4.69, 9.17) is 9.72 Å². The van der Waals surface area contributed by atoms with Gasteiger partial charge >= 0.3 is 0 Å². The van der Waals surface area contributed by atoms with E-state index in [1.54, 1.807) is 0 Å². The zero-order valence-corrected chi connectivity index (χ0v) is 14.5. The number of aromatic nitrogens is 3. The van der Waals surface area contributed by atoms with Crippen LogP contribution in [0.3, 0.4) is 0 Å². The quantitative estimate of drug-likeness (QED) is 0.569. The third-order valence-corrected chi connectivity index (χ3v) is 5.16. The van der Waals surface area contributed by atoms with Gasteiger partial charge in [-0.25, -0.2) is 4.98 Å². The summed E-state index contributed by atoms with van der Waals surface area (Å²) in [5.41, 5.74) is 2.66. The topological polar surface area (TPSA) is 51.8 Å². The molecule has 5 rings (SSSR count). The van der Waals surface area contributed by atoms with Crippen LogP contribution in [-0.4, -0.2) is 51.7 Å². The van der Waals surface area contributed by atoms with Gasteiger partial charge in [0.2, 0.25) is 0 Å². The van der Waals surface area contributed by atoms with E-state index in [1.165, 1.54) is 0 Å². The Kier molecular flexibility index (Phi) is 3.72. The minimum Gasteiger partial charge on any atom is -0.379 e. The predicted octanol–water partition coefficient (Wildman–Crippen LogP) is 2.13. The molecule has 4 aromatic rings. The van der Waals surface area contributed by atoms with Gasteiger partial charge in [0.05, 0.1) is 13.2 Å². The van der Waals surface area contributed by atoms with Crippen molar-refractivity contribution in [3.05, 3.63) is 59.0 Å². The molecule has 0 unspecified atom stereocenters. The number of hydrogen-bond donors (Lipinski definition) is 0. The van der Waals surface area contributed by atoms with Gasteiger partial charge in [-0.2, -0.15) is 0 Å². The molecule has 0 saturated carbocycles. The summed E-state index contributed by atoms with van der Waals surface area (Å²) in [6, 6.07) is 13.7. The summed E-state index contributed by atoms with van der Waals surface area (Å²) in [6.07, 6.45) is 1.98. The maximum Gasteiger partial charge on any atom is 0.260 e. The molecule has 132 valence electrons. The van der Waals surface area contributed by atoms with E-state index in [9.17, 15) is 4.79 Å². The summed E-state index contributed by atoms with van der Waals surface area (Å²) >= 11 is 0. The first-order valence-corrected chi connectivity index (χ1v) is 9.01. The molecule has 4 heterocycles. The van der Waals surface area contributed by atoms with E-state index < -0.39 is 0 Å². The molecule has 0 spiro atoms. The molecule has 1 fully saturated rings. The molecule has 6 heteroatoms. The molecule has 6 nitrogen and oxygen atoms in total. The lowest BCUT2D eigenvalue weighted by molar-refractivity contribution is 0.0364. The van der Waals surface area contributed by atoms with Gasteiger partial charge in [0, 0.05) is 43.1 Å². The summed E-state index contributed by atoms with van der Waals surface area (Å²) < 4.78 is 9.32. The molecular formula is C20H20N4O2. The fourth-order valence-corrected chi connectivity index (χ4v) is 3.81. The Balaban J connectivity index is 1.73. The molecule has 26 heavy (non-hydrogen) atoms. The Hall–Kier alpha value is -2.70. The molecule has 3 aromatic heterocycles. The number of pyridine rings is 2. The molecule has 0 radical (unpaired) electrons. The normalized spacial score (nSPS) is 16.0. The van der Waals surface area contributed by atoms with Gasteiger partial charge in [-0.15, -0.1) is 0 Å². The summed E-state index contributed by atoms with van der Waals surface area (Å²) in [6.45, 7) is 4.83. The molecule has 1 aliphatic heterocycles. The first kappa shape index (κ1) is 15.5. The monoisotopic (exact) mass is 348 g/mol. The highest BCUT2D eigenvalue weighted by molar-refractivity contribution is 6.03. The third kappa shape index (κ3) is 2.41. The molecule has 0 aliphatic carbocycles. The summed E-state index contributed by atoms with van der Waals surface area (Å²) in [7, 11) is 0. The lowest BCUT2D eigenvalue weighted by atomic mass is 10.1. The standard InChI is InChI=1S/C20H20N4O2/c25-20-16-6-2-1-5-15(16)18-19(23-8-4-3-7-17(23)21-18)24(20)10-9-22-11-13-26-14-12-22/h1-8H,9-14H2. The maximum absolute atomic E-state index is 13.2. The van der Waals surface area contributed by atoms with Gasteiger partial charge in [0.25, 0.3) is 5.56 Å². The van der Waals surface area contributed by atoms with Crippen molar-refractivity contribution in [2.45, 2.75) is 6.54 Å². The lowest BCUT2D eigenvalue weighted by Crippen LogP contribution is -2.39. The van der Waals surface area contributed by atoms with E-state index >= 15 is 0 Å². The maximum atomic E-state index is 13.2. The van der Waals surface area contributed by atoms with Crippen molar-refractivity contribution in [1.82, 2.24) is 18.9 Å². The summed E-state index contributed by atoms with van der Waals surface area (Å²) in [4.78, 5) is 20.4. The van der Waals surface area contributed by atoms with E-state index in [0.717, 1.165) is 60.4 Å². The minimum absolute atomic E-state index is 0.0482. The molecule has 0 atom stereocenters. The van der Waals surface area contributed by atoms with E-state index in [2.05, 4.69) is 4.90 Å². The zero-order valence-electron chi connectivity index (χ0n) is 14.5. The van der Waals surface area contributed by atoms with Crippen molar-refractivity contribution >= 4 is 27.6 Å².